The highest BCUT2D eigenvalue weighted by Gasteiger charge is 2.38. The van der Waals surface area contributed by atoms with E-state index in [1.165, 1.54) is 24.8 Å². The van der Waals surface area contributed by atoms with Gasteiger partial charge in [0, 0.05) is 24.7 Å². The third kappa shape index (κ3) is 5.34. The van der Waals surface area contributed by atoms with Gasteiger partial charge in [-0.3, -0.25) is 9.69 Å². The molecule has 2 fully saturated rings. The van der Waals surface area contributed by atoms with Crippen LogP contribution in [-0.2, 0) is 6.54 Å². The van der Waals surface area contributed by atoms with Crippen LogP contribution in [0.1, 0.15) is 54.9 Å². The minimum atomic E-state index is -0.0723. The summed E-state index contributed by atoms with van der Waals surface area (Å²) in [5.41, 5.74) is 1.92. The van der Waals surface area contributed by atoms with E-state index >= 15 is 0 Å². The van der Waals surface area contributed by atoms with E-state index in [0.29, 0.717) is 35.8 Å². The minimum absolute atomic E-state index is 0. The average Bonchev–Trinajstić information content (AvgIpc) is 2.75. The van der Waals surface area contributed by atoms with E-state index in [9.17, 15) is 4.79 Å². The first-order chi connectivity index (χ1) is 14.7. The number of hydrogen-bond acceptors (Lipinski definition) is 4. The van der Waals surface area contributed by atoms with Gasteiger partial charge < -0.3 is 14.8 Å². The molecule has 31 heavy (non-hydrogen) atoms. The molecule has 2 bridgehead atoms. The number of piperidine rings is 2. The smallest absolute Gasteiger partial charge is 0.255 e. The van der Waals surface area contributed by atoms with Crippen molar-refractivity contribution in [1.29, 1.82) is 0 Å². The molecule has 0 spiro atoms. The highest BCUT2D eigenvalue weighted by molar-refractivity contribution is 5.98. The van der Waals surface area contributed by atoms with E-state index in [1.807, 2.05) is 25.1 Å². The second-order valence-electron chi connectivity index (χ2n) is 8.31. The Morgan fingerprint density at radius 3 is 2.42 bits per heavy atom. The molecular weight excluding hydrogens is 412 g/mol. The summed E-state index contributed by atoms with van der Waals surface area (Å²) in [7, 11) is 1.60. The molecule has 2 aliphatic rings. The third-order valence-corrected chi connectivity index (χ3v) is 6.40. The van der Waals surface area contributed by atoms with Crippen LogP contribution in [0.3, 0.4) is 0 Å². The Hall–Kier alpha value is -2.24. The molecule has 1 N–H and O–H groups in total. The fourth-order valence-electron chi connectivity index (χ4n) is 5.06. The van der Waals surface area contributed by atoms with E-state index in [0.717, 1.165) is 19.4 Å². The Morgan fingerprint density at radius 1 is 1.06 bits per heavy atom. The van der Waals surface area contributed by atoms with Crippen LogP contribution in [0.2, 0.25) is 0 Å². The largest absolute Gasteiger partial charge is 0.493 e. The molecule has 2 unspecified atom stereocenters. The number of fused-ring (bicyclic) bond motifs is 2. The second kappa shape index (κ2) is 10.9. The van der Waals surface area contributed by atoms with Crippen LogP contribution in [0.25, 0.3) is 0 Å². The van der Waals surface area contributed by atoms with Crippen molar-refractivity contribution in [3.8, 4) is 11.5 Å². The van der Waals surface area contributed by atoms with E-state index in [2.05, 4.69) is 40.5 Å². The summed E-state index contributed by atoms with van der Waals surface area (Å²) in [4.78, 5) is 15.8. The van der Waals surface area contributed by atoms with Gasteiger partial charge in [-0.05, 0) is 50.3 Å². The lowest BCUT2D eigenvalue weighted by Crippen LogP contribution is -2.56. The number of rotatable bonds is 7. The topological polar surface area (TPSA) is 50.8 Å². The first-order valence-corrected chi connectivity index (χ1v) is 11.1. The molecule has 2 saturated heterocycles. The van der Waals surface area contributed by atoms with Crippen molar-refractivity contribution in [3.05, 3.63) is 59.7 Å². The highest BCUT2D eigenvalue weighted by Crippen LogP contribution is 2.36. The molecule has 6 heteroatoms. The van der Waals surface area contributed by atoms with Gasteiger partial charge in [0.2, 0.25) is 0 Å². The van der Waals surface area contributed by atoms with Gasteiger partial charge >= 0.3 is 0 Å². The molecular formula is C25H33ClN2O3. The normalized spacial score (nSPS) is 22.8. The molecule has 2 aromatic rings. The number of methoxy groups -OCH3 is 1. The maximum absolute atomic E-state index is 13.1. The van der Waals surface area contributed by atoms with Gasteiger partial charge in [-0.1, -0.05) is 42.8 Å². The number of carbonyl (C=O) groups is 1. The molecule has 168 valence electrons. The Morgan fingerprint density at radius 2 is 1.77 bits per heavy atom. The molecule has 2 aromatic carbocycles. The summed E-state index contributed by atoms with van der Waals surface area (Å²) in [6.45, 7) is 3.40. The first-order valence-electron chi connectivity index (χ1n) is 11.1. The van der Waals surface area contributed by atoms with Gasteiger partial charge in [0.25, 0.3) is 5.91 Å². The number of nitrogens with one attached hydrogen (secondary N) is 1. The van der Waals surface area contributed by atoms with Crippen LogP contribution in [0.15, 0.2) is 48.5 Å². The van der Waals surface area contributed by atoms with Crippen LogP contribution in [0.5, 0.6) is 11.5 Å². The molecule has 0 aromatic heterocycles. The lowest BCUT2D eigenvalue weighted by molar-refractivity contribution is 0.0176. The predicted octanol–water partition coefficient (Wildman–Crippen LogP) is 4.83. The van der Waals surface area contributed by atoms with Crippen LogP contribution >= 0.6 is 12.4 Å². The maximum atomic E-state index is 13.1. The van der Waals surface area contributed by atoms with Crippen molar-refractivity contribution >= 4 is 18.3 Å². The number of carbonyl (C=O) groups excluding carboxylic acids is 1. The monoisotopic (exact) mass is 444 g/mol. The van der Waals surface area contributed by atoms with Crippen molar-refractivity contribution in [3.63, 3.8) is 0 Å². The second-order valence-corrected chi connectivity index (χ2v) is 8.31. The van der Waals surface area contributed by atoms with Crippen LogP contribution in [0.4, 0.5) is 0 Å². The summed E-state index contributed by atoms with van der Waals surface area (Å²) in [6.07, 6.45) is 5.70. The number of amides is 1. The van der Waals surface area contributed by atoms with E-state index in [1.54, 1.807) is 7.11 Å². The summed E-state index contributed by atoms with van der Waals surface area (Å²) < 4.78 is 11.1. The zero-order valence-corrected chi connectivity index (χ0v) is 19.2. The Kier molecular flexibility index (Phi) is 8.22. The number of nitrogens with zero attached hydrogens (tertiary/aromatic N) is 1. The zero-order chi connectivity index (χ0) is 20.9. The molecule has 2 heterocycles. The van der Waals surface area contributed by atoms with Crippen LogP contribution < -0.4 is 14.8 Å². The van der Waals surface area contributed by atoms with Gasteiger partial charge in [0.05, 0.1) is 19.3 Å². The lowest BCUT2D eigenvalue weighted by atomic mass is 9.81. The van der Waals surface area contributed by atoms with Gasteiger partial charge in [0.15, 0.2) is 11.5 Å². The van der Waals surface area contributed by atoms with Gasteiger partial charge in [0.1, 0.15) is 0 Å². The summed E-state index contributed by atoms with van der Waals surface area (Å²) in [5, 5.41) is 3.30. The van der Waals surface area contributed by atoms with E-state index in [4.69, 9.17) is 9.47 Å². The number of benzene rings is 2. The molecule has 2 atom stereocenters. The van der Waals surface area contributed by atoms with Crippen LogP contribution in [-0.4, -0.2) is 42.6 Å². The standard InChI is InChI=1S/C25H32N2O3.ClH/c1-3-30-24-22(13-8-14-23(24)29-2)25(28)26-19-15-20-11-7-12-21(16-19)27(20)17-18-9-5-4-6-10-18;/h4-6,8-10,13-14,19-21H,3,7,11-12,15-17H2,1-2H3,(H,26,28);1H. The molecule has 2 aliphatic heterocycles. The number of ether oxygens (including phenoxy) is 2. The van der Waals surface area contributed by atoms with Gasteiger partial charge in [-0.15, -0.1) is 12.4 Å². The third-order valence-electron chi connectivity index (χ3n) is 6.40. The molecule has 1 amide bonds. The predicted molar refractivity (Wildman–Crippen MR) is 125 cm³/mol. The van der Waals surface area contributed by atoms with E-state index in [-0.39, 0.29) is 24.4 Å². The molecule has 0 saturated carbocycles. The van der Waals surface area contributed by atoms with Crippen molar-refractivity contribution in [2.45, 2.75) is 63.7 Å². The summed E-state index contributed by atoms with van der Waals surface area (Å²) in [6, 6.07) is 17.4. The molecule has 4 rings (SSSR count). The summed E-state index contributed by atoms with van der Waals surface area (Å²) >= 11 is 0. The van der Waals surface area contributed by atoms with Crippen molar-refractivity contribution < 1.29 is 14.3 Å². The minimum Gasteiger partial charge on any atom is -0.493 e. The first kappa shape index (κ1) is 23.4. The van der Waals surface area contributed by atoms with Crippen molar-refractivity contribution in [1.82, 2.24) is 10.2 Å². The van der Waals surface area contributed by atoms with Crippen molar-refractivity contribution in [2.24, 2.45) is 0 Å². The molecule has 0 radical (unpaired) electrons. The van der Waals surface area contributed by atoms with Crippen LogP contribution in [0, 0.1) is 0 Å². The average molecular weight is 445 g/mol. The Labute approximate surface area is 191 Å². The van der Waals surface area contributed by atoms with Gasteiger partial charge in [-0.25, -0.2) is 0 Å². The fourth-order valence-corrected chi connectivity index (χ4v) is 5.06. The lowest BCUT2D eigenvalue weighted by Gasteiger charge is -2.49. The highest BCUT2D eigenvalue weighted by atomic mass is 35.5. The van der Waals surface area contributed by atoms with Gasteiger partial charge in [-0.2, -0.15) is 0 Å². The van der Waals surface area contributed by atoms with E-state index < -0.39 is 0 Å². The fraction of sp³-hybridized carbons (Fsp3) is 0.480. The molecule has 5 nitrogen and oxygen atoms in total. The number of halogens is 1. The number of hydrogen-bond donors (Lipinski definition) is 1. The Bertz CT molecular complexity index is 847. The zero-order valence-electron chi connectivity index (χ0n) is 18.4. The Balaban J connectivity index is 0.00000272. The van der Waals surface area contributed by atoms with Crippen molar-refractivity contribution in [2.75, 3.05) is 13.7 Å². The number of para-hydroxylation sites is 1. The molecule has 0 aliphatic carbocycles. The SMILES string of the molecule is CCOc1c(OC)cccc1C(=O)NC1CC2CCCC(C1)N2Cc1ccccc1.Cl. The quantitative estimate of drug-likeness (QED) is 0.664. The summed E-state index contributed by atoms with van der Waals surface area (Å²) in [5.74, 6) is 1.05. The maximum Gasteiger partial charge on any atom is 0.255 e.